The Hall–Kier alpha value is -3.69. The highest BCUT2D eigenvalue weighted by atomic mass is 35.5. The van der Waals surface area contributed by atoms with E-state index in [1.807, 2.05) is 30.3 Å². The lowest BCUT2D eigenvalue weighted by Crippen LogP contribution is -2.28. The van der Waals surface area contributed by atoms with Gasteiger partial charge in [-0.1, -0.05) is 67.9 Å². The van der Waals surface area contributed by atoms with E-state index < -0.39 is 17.2 Å². The van der Waals surface area contributed by atoms with Crippen LogP contribution in [0.1, 0.15) is 58.1 Å². The fourth-order valence-corrected chi connectivity index (χ4v) is 3.20. The highest BCUT2D eigenvalue weighted by Gasteiger charge is 2.21. The van der Waals surface area contributed by atoms with Crippen LogP contribution in [-0.4, -0.2) is 20.9 Å². The Balaban J connectivity index is 2.15. The number of carbonyl (C=O) groups is 1. The molecule has 0 aliphatic carbocycles. The SMILES string of the molecule is Cc1ccc(-n2nc(C(=O)O)c(/C=C\c3ccc(C(C)C)cc3)c(C#N)c2=O)cc1Cl. The third kappa shape index (κ3) is 4.57. The summed E-state index contributed by atoms with van der Waals surface area (Å²) in [5.41, 5.74) is 1.58. The first-order valence-electron chi connectivity index (χ1n) is 9.58. The maximum atomic E-state index is 12.9. The van der Waals surface area contributed by atoms with Gasteiger partial charge in [0.25, 0.3) is 5.56 Å². The van der Waals surface area contributed by atoms with Gasteiger partial charge in [0, 0.05) is 10.6 Å². The minimum absolute atomic E-state index is 0.0394. The van der Waals surface area contributed by atoms with Crippen LogP contribution in [0.15, 0.2) is 47.3 Å². The average Bonchev–Trinajstić information content (AvgIpc) is 2.74. The highest BCUT2D eigenvalue weighted by molar-refractivity contribution is 6.31. The van der Waals surface area contributed by atoms with Gasteiger partial charge in [0.05, 0.1) is 5.69 Å². The van der Waals surface area contributed by atoms with E-state index in [2.05, 4.69) is 18.9 Å². The van der Waals surface area contributed by atoms with Crippen LogP contribution in [-0.2, 0) is 0 Å². The van der Waals surface area contributed by atoms with Gasteiger partial charge >= 0.3 is 5.97 Å². The number of aromatic nitrogens is 2. The quantitative estimate of drug-likeness (QED) is 0.606. The van der Waals surface area contributed by atoms with Crippen LogP contribution in [0, 0.1) is 18.3 Å². The molecule has 6 nitrogen and oxygen atoms in total. The number of nitriles is 1. The molecular formula is C24H20ClN3O3. The lowest BCUT2D eigenvalue weighted by Gasteiger charge is -2.10. The van der Waals surface area contributed by atoms with Crippen LogP contribution in [0.2, 0.25) is 5.02 Å². The summed E-state index contributed by atoms with van der Waals surface area (Å²) in [6.45, 7) is 5.98. The van der Waals surface area contributed by atoms with Crippen molar-refractivity contribution in [2.75, 3.05) is 0 Å². The zero-order valence-electron chi connectivity index (χ0n) is 17.3. The van der Waals surface area contributed by atoms with Gasteiger partial charge in [0.15, 0.2) is 5.69 Å². The minimum atomic E-state index is -1.35. The Bertz CT molecular complexity index is 1280. The van der Waals surface area contributed by atoms with Crippen molar-refractivity contribution < 1.29 is 9.90 Å². The molecule has 1 heterocycles. The molecule has 3 rings (SSSR count). The summed E-state index contributed by atoms with van der Waals surface area (Å²) in [5, 5.41) is 23.7. The maximum absolute atomic E-state index is 12.9. The van der Waals surface area contributed by atoms with E-state index in [1.54, 1.807) is 25.1 Å². The zero-order valence-corrected chi connectivity index (χ0v) is 18.0. The van der Waals surface area contributed by atoms with E-state index in [-0.39, 0.29) is 16.8 Å². The van der Waals surface area contributed by atoms with Gasteiger partial charge in [-0.15, -0.1) is 0 Å². The van der Waals surface area contributed by atoms with Crippen molar-refractivity contribution in [3.63, 3.8) is 0 Å². The molecule has 0 radical (unpaired) electrons. The first-order chi connectivity index (χ1) is 14.7. The van der Waals surface area contributed by atoms with Crippen molar-refractivity contribution >= 4 is 29.7 Å². The van der Waals surface area contributed by atoms with Gasteiger partial charge in [0.2, 0.25) is 0 Å². The Kier molecular flexibility index (Phi) is 6.38. The number of benzene rings is 2. The molecule has 156 valence electrons. The number of hydrogen-bond donors (Lipinski definition) is 1. The number of aromatic carboxylic acids is 1. The molecule has 1 aromatic heterocycles. The number of hydrogen-bond acceptors (Lipinski definition) is 4. The minimum Gasteiger partial charge on any atom is -0.476 e. The van der Waals surface area contributed by atoms with Gasteiger partial charge in [-0.05, 0) is 41.7 Å². The Morgan fingerprint density at radius 2 is 1.87 bits per heavy atom. The van der Waals surface area contributed by atoms with Crippen LogP contribution in [0.4, 0.5) is 0 Å². The smallest absolute Gasteiger partial charge is 0.357 e. The predicted molar refractivity (Wildman–Crippen MR) is 121 cm³/mol. The molecule has 0 atom stereocenters. The number of aryl methyl sites for hydroxylation is 1. The lowest BCUT2D eigenvalue weighted by molar-refractivity contribution is 0.0688. The van der Waals surface area contributed by atoms with E-state index in [4.69, 9.17) is 11.6 Å². The Morgan fingerprint density at radius 3 is 2.42 bits per heavy atom. The van der Waals surface area contributed by atoms with Crippen molar-refractivity contribution in [3.8, 4) is 11.8 Å². The molecule has 31 heavy (non-hydrogen) atoms. The van der Waals surface area contributed by atoms with Gasteiger partial charge in [-0.25, -0.2) is 4.79 Å². The van der Waals surface area contributed by atoms with Gasteiger partial charge in [-0.2, -0.15) is 15.0 Å². The molecule has 0 fully saturated rings. The molecule has 0 spiro atoms. The fraction of sp³-hybridized carbons (Fsp3) is 0.167. The number of carboxylic acids is 1. The first kappa shape index (κ1) is 22.0. The standard InChI is InChI=1S/C24H20ClN3O3/c1-14(2)17-8-5-16(6-9-17)7-11-19-20(13-26)23(29)28(27-22(19)24(30)31)18-10-4-15(3)21(25)12-18/h4-12,14H,1-3H3,(H,30,31)/b11-7-. The van der Waals surface area contributed by atoms with Crippen LogP contribution in [0.25, 0.3) is 17.8 Å². The van der Waals surface area contributed by atoms with Crippen molar-refractivity contribution in [1.29, 1.82) is 5.26 Å². The summed E-state index contributed by atoms with van der Waals surface area (Å²) in [5.74, 6) is -0.966. The van der Waals surface area contributed by atoms with Crippen LogP contribution >= 0.6 is 11.6 Å². The summed E-state index contributed by atoms with van der Waals surface area (Å²) in [6, 6.07) is 14.4. The van der Waals surface area contributed by atoms with Crippen LogP contribution < -0.4 is 5.56 Å². The Labute approximate surface area is 184 Å². The molecule has 2 aromatic carbocycles. The van der Waals surface area contributed by atoms with Crippen LogP contribution in [0.3, 0.4) is 0 Å². The maximum Gasteiger partial charge on any atom is 0.357 e. The lowest BCUT2D eigenvalue weighted by atomic mass is 10.0. The molecule has 0 saturated heterocycles. The third-order valence-corrected chi connectivity index (χ3v) is 5.30. The number of halogens is 1. The van der Waals surface area contributed by atoms with Gasteiger partial charge < -0.3 is 5.11 Å². The van der Waals surface area contributed by atoms with E-state index in [0.717, 1.165) is 15.8 Å². The normalized spacial score (nSPS) is 11.1. The largest absolute Gasteiger partial charge is 0.476 e. The summed E-state index contributed by atoms with van der Waals surface area (Å²) < 4.78 is 0.891. The highest BCUT2D eigenvalue weighted by Crippen LogP contribution is 2.21. The average molecular weight is 434 g/mol. The molecule has 0 aliphatic rings. The second-order valence-electron chi connectivity index (χ2n) is 7.36. The van der Waals surface area contributed by atoms with E-state index in [0.29, 0.717) is 10.9 Å². The van der Waals surface area contributed by atoms with E-state index in [9.17, 15) is 20.0 Å². The molecule has 7 heteroatoms. The molecule has 1 N–H and O–H groups in total. The van der Waals surface area contributed by atoms with Crippen molar-refractivity contribution in [2.24, 2.45) is 0 Å². The molecule has 0 aliphatic heterocycles. The topological polar surface area (TPSA) is 96.0 Å². The second kappa shape index (κ2) is 8.99. The second-order valence-corrected chi connectivity index (χ2v) is 7.77. The molecular weight excluding hydrogens is 414 g/mol. The van der Waals surface area contributed by atoms with Crippen molar-refractivity contribution in [1.82, 2.24) is 9.78 Å². The van der Waals surface area contributed by atoms with Crippen molar-refractivity contribution in [3.05, 3.63) is 91.4 Å². The summed E-state index contributed by atoms with van der Waals surface area (Å²) in [6.07, 6.45) is 3.09. The summed E-state index contributed by atoms with van der Waals surface area (Å²) >= 11 is 6.14. The van der Waals surface area contributed by atoms with Gasteiger partial charge in [-0.3, -0.25) is 4.79 Å². The third-order valence-electron chi connectivity index (χ3n) is 4.89. The predicted octanol–water partition coefficient (Wildman–Crippen LogP) is 5.06. The van der Waals surface area contributed by atoms with Crippen LogP contribution in [0.5, 0.6) is 0 Å². The molecule has 0 saturated carbocycles. The molecule has 3 aromatic rings. The first-order valence-corrected chi connectivity index (χ1v) is 9.96. The Morgan fingerprint density at radius 1 is 1.19 bits per heavy atom. The van der Waals surface area contributed by atoms with E-state index in [1.165, 1.54) is 17.7 Å². The number of nitrogens with zero attached hydrogens (tertiary/aromatic N) is 3. The van der Waals surface area contributed by atoms with E-state index >= 15 is 0 Å². The summed E-state index contributed by atoms with van der Waals surface area (Å²) in [7, 11) is 0. The number of carboxylic acid groups (broad SMARTS) is 1. The molecule has 0 unspecified atom stereocenters. The molecule has 0 amide bonds. The van der Waals surface area contributed by atoms with Gasteiger partial charge in [0.1, 0.15) is 11.6 Å². The molecule has 0 bridgehead atoms. The summed E-state index contributed by atoms with van der Waals surface area (Å²) in [4.78, 5) is 24.8. The number of rotatable bonds is 5. The monoisotopic (exact) mass is 433 g/mol. The fourth-order valence-electron chi connectivity index (χ4n) is 3.03. The zero-order chi connectivity index (χ0) is 22.7. The van der Waals surface area contributed by atoms with Crippen molar-refractivity contribution in [2.45, 2.75) is 26.7 Å².